The highest BCUT2D eigenvalue weighted by atomic mass is 16.5. The first-order chi connectivity index (χ1) is 16.7. The summed E-state index contributed by atoms with van der Waals surface area (Å²) in [5.74, 6) is 0.899. The second-order valence-electron chi connectivity index (χ2n) is 9.72. The molecule has 0 amide bonds. The topological polar surface area (TPSA) is 91.6 Å². The fourth-order valence-electron chi connectivity index (χ4n) is 4.72. The quantitative estimate of drug-likeness (QED) is 0.529. The van der Waals surface area contributed by atoms with E-state index < -0.39 is 11.6 Å². The molecule has 0 aromatic heterocycles. The molecule has 35 heavy (non-hydrogen) atoms. The van der Waals surface area contributed by atoms with Crippen LogP contribution in [0.2, 0.25) is 0 Å². The molecule has 0 saturated heterocycles. The van der Waals surface area contributed by atoms with Crippen LogP contribution in [0.1, 0.15) is 53.1 Å². The summed E-state index contributed by atoms with van der Waals surface area (Å²) in [7, 11) is 0. The first kappa shape index (κ1) is 24.6. The molecule has 0 spiro atoms. The van der Waals surface area contributed by atoms with Crippen LogP contribution in [0.3, 0.4) is 0 Å². The third-order valence-corrected chi connectivity index (χ3v) is 7.11. The molecule has 0 saturated carbocycles. The van der Waals surface area contributed by atoms with Gasteiger partial charge in [0.15, 0.2) is 0 Å². The Morgan fingerprint density at radius 3 is 2.77 bits per heavy atom. The Morgan fingerprint density at radius 2 is 2.06 bits per heavy atom. The summed E-state index contributed by atoms with van der Waals surface area (Å²) < 4.78 is 12.7. The Balaban J connectivity index is 1.48. The number of hydrogen-bond donors (Lipinski definition) is 2. The van der Waals surface area contributed by atoms with Gasteiger partial charge in [-0.3, -0.25) is 4.99 Å². The molecule has 2 aromatic rings. The van der Waals surface area contributed by atoms with Gasteiger partial charge in [0, 0.05) is 36.7 Å². The van der Waals surface area contributed by atoms with Gasteiger partial charge in [-0.25, -0.2) is 4.79 Å². The fraction of sp³-hybridized carbons (Fsp3) is 0.429. The molecule has 0 fully saturated rings. The van der Waals surface area contributed by atoms with Crippen LogP contribution in [0.15, 0.2) is 29.3 Å². The van der Waals surface area contributed by atoms with E-state index in [1.165, 1.54) is 0 Å². The molecule has 2 N–H and O–H groups in total. The van der Waals surface area contributed by atoms with Crippen LogP contribution in [-0.4, -0.2) is 52.7 Å². The molecule has 2 aliphatic rings. The van der Waals surface area contributed by atoms with Crippen molar-refractivity contribution in [2.45, 2.75) is 59.1 Å². The lowest BCUT2D eigenvalue weighted by molar-refractivity contribution is -0.131. The number of hydrogen-bond acceptors (Lipinski definition) is 6. The third-order valence-electron chi connectivity index (χ3n) is 7.11. The number of aliphatic carboxylic acids is 1. The lowest BCUT2D eigenvalue weighted by atomic mass is 9.86. The van der Waals surface area contributed by atoms with E-state index in [9.17, 15) is 9.90 Å². The number of aromatic hydroxyl groups is 1. The molecule has 7 heteroatoms. The molecule has 1 unspecified atom stereocenters. The van der Waals surface area contributed by atoms with Crippen LogP contribution in [0.4, 0.5) is 0 Å². The van der Waals surface area contributed by atoms with E-state index in [1.807, 2.05) is 45.3 Å². The maximum atomic E-state index is 11.1. The van der Waals surface area contributed by atoms with Crippen molar-refractivity contribution in [3.8, 4) is 17.2 Å². The number of aliphatic imine (C=N–C) groups is 1. The van der Waals surface area contributed by atoms with E-state index in [0.717, 1.165) is 77.7 Å². The largest absolute Gasteiger partial charge is 0.507 e. The fourth-order valence-corrected chi connectivity index (χ4v) is 4.72. The number of ether oxygens (including phenoxy) is 2. The van der Waals surface area contributed by atoms with Gasteiger partial charge in [-0.05, 0) is 74.9 Å². The first-order valence-corrected chi connectivity index (χ1v) is 12.1. The van der Waals surface area contributed by atoms with Crippen molar-refractivity contribution in [2.24, 2.45) is 4.99 Å². The molecule has 0 aliphatic carbocycles. The van der Waals surface area contributed by atoms with Gasteiger partial charge < -0.3 is 24.6 Å². The summed E-state index contributed by atoms with van der Waals surface area (Å²) in [4.78, 5) is 17.5. The zero-order valence-corrected chi connectivity index (χ0v) is 20.9. The molecule has 2 heterocycles. The van der Waals surface area contributed by atoms with Crippen LogP contribution in [0.5, 0.6) is 17.2 Å². The van der Waals surface area contributed by atoms with Crippen LogP contribution >= 0.6 is 0 Å². The lowest BCUT2D eigenvalue weighted by Gasteiger charge is -2.38. The number of phenols is 1. The predicted molar refractivity (Wildman–Crippen MR) is 137 cm³/mol. The second kappa shape index (κ2) is 10.0. The number of benzene rings is 2. The Morgan fingerprint density at radius 1 is 1.26 bits per heavy atom. The maximum Gasteiger partial charge on any atom is 0.328 e. The molecular formula is C28H34N2O5. The molecule has 7 nitrogen and oxygen atoms in total. The summed E-state index contributed by atoms with van der Waals surface area (Å²) in [6.07, 6.45) is 6.90. The van der Waals surface area contributed by atoms with E-state index >= 15 is 0 Å². The Labute approximate surface area is 206 Å². The molecule has 2 aromatic carbocycles. The van der Waals surface area contributed by atoms with Gasteiger partial charge in [0.05, 0.1) is 19.5 Å². The zero-order valence-electron chi connectivity index (χ0n) is 20.9. The smallest absolute Gasteiger partial charge is 0.328 e. The van der Waals surface area contributed by atoms with Crippen LogP contribution in [0.25, 0.3) is 6.08 Å². The highest BCUT2D eigenvalue weighted by Crippen LogP contribution is 2.44. The van der Waals surface area contributed by atoms with E-state index in [1.54, 1.807) is 6.08 Å². The van der Waals surface area contributed by atoms with E-state index in [4.69, 9.17) is 14.6 Å². The average molecular weight is 479 g/mol. The summed E-state index contributed by atoms with van der Waals surface area (Å²) in [5, 5.41) is 19.5. The minimum Gasteiger partial charge on any atom is -0.507 e. The van der Waals surface area contributed by atoms with Gasteiger partial charge in [-0.2, -0.15) is 0 Å². The average Bonchev–Trinajstić information content (AvgIpc) is 3.33. The van der Waals surface area contributed by atoms with Gasteiger partial charge in [0.2, 0.25) is 0 Å². The Kier molecular flexibility index (Phi) is 7.05. The van der Waals surface area contributed by atoms with Gasteiger partial charge in [-0.1, -0.05) is 12.1 Å². The van der Waals surface area contributed by atoms with E-state index in [-0.39, 0.29) is 0 Å². The second-order valence-corrected chi connectivity index (χ2v) is 9.72. The first-order valence-electron chi connectivity index (χ1n) is 12.1. The standard InChI is InChI=1S/C28H34N2O5/c1-18-19(2)27-23(20(3)26(18)33)9-10-28(4,35-27)11-14-34-24-15-21(16-30-13-12-29-17-30)5-6-22(24)7-8-25(31)32/h5-8,15,17,33H,9-14,16H2,1-4H3,(H,31,32)/b8-7+. The summed E-state index contributed by atoms with van der Waals surface area (Å²) in [5.41, 5.74) is 5.24. The molecule has 4 rings (SSSR count). The lowest BCUT2D eigenvalue weighted by Crippen LogP contribution is -2.38. The van der Waals surface area contributed by atoms with Crippen molar-refractivity contribution in [2.75, 3.05) is 19.7 Å². The molecule has 2 aliphatic heterocycles. The van der Waals surface area contributed by atoms with Crippen LogP contribution < -0.4 is 9.47 Å². The Bertz CT molecular complexity index is 1190. The van der Waals surface area contributed by atoms with Gasteiger partial charge in [0.25, 0.3) is 0 Å². The van der Waals surface area contributed by atoms with Crippen LogP contribution in [0, 0.1) is 20.8 Å². The molecule has 0 radical (unpaired) electrons. The SMILES string of the molecule is Cc1c(C)c2c(c(C)c1O)CCC(C)(CCOc1cc(CN3C=NCC3)ccc1/C=C/C(=O)O)O2. The highest BCUT2D eigenvalue weighted by Gasteiger charge is 2.34. The molecule has 1 atom stereocenters. The normalized spacial score (nSPS) is 19.1. The number of phenolic OH excluding ortho intramolecular Hbond substituents is 1. The monoisotopic (exact) mass is 478 g/mol. The third kappa shape index (κ3) is 5.45. The summed E-state index contributed by atoms with van der Waals surface area (Å²) in [6, 6.07) is 5.87. The molecule has 186 valence electrons. The van der Waals surface area contributed by atoms with Gasteiger partial charge in [-0.15, -0.1) is 0 Å². The number of nitrogens with zero attached hydrogens (tertiary/aromatic N) is 2. The number of carboxylic acid groups (broad SMARTS) is 1. The van der Waals surface area contributed by atoms with Crippen molar-refractivity contribution >= 4 is 18.4 Å². The molecule has 0 bridgehead atoms. The van der Waals surface area contributed by atoms with Gasteiger partial charge >= 0.3 is 5.97 Å². The zero-order chi connectivity index (χ0) is 25.2. The number of fused-ring (bicyclic) bond motifs is 1. The summed E-state index contributed by atoms with van der Waals surface area (Å²) in [6.45, 7) is 10.8. The van der Waals surface area contributed by atoms with Gasteiger partial charge in [0.1, 0.15) is 22.8 Å². The minimum absolute atomic E-state index is 0.360. The van der Waals surface area contributed by atoms with E-state index in [2.05, 4.69) is 16.8 Å². The number of carboxylic acids is 1. The highest BCUT2D eigenvalue weighted by molar-refractivity contribution is 5.86. The van der Waals surface area contributed by atoms with Crippen molar-refractivity contribution < 1.29 is 24.5 Å². The maximum absolute atomic E-state index is 11.1. The van der Waals surface area contributed by atoms with E-state index in [0.29, 0.717) is 24.5 Å². The van der Waals surface area contributed by atoms with Crippen molar-refractivity contribution in [3.05, 3.63) is 57.7 Å². The molecular weight excluding hydrogens is 444 g/mol. The van der Waals surface area contributed by atoms with Crippen LogP contribution in [-0.2, 0) is 17.8 Å². The minimum atomic E-state index is -0.998. The number of carbonyl (C=O) groups is 1. The number of rotatable bonds is 8. The Hall–Kier alpha value is -3.48. The summed E-state index contributed by atoms with van der Waals surface area (Å²) >= 11 is 0. The van der Waals surface area contributed by atoms with Crippen molar-refractivity contribution in [1.29, 1.82) is 0 Å². The predicted octanol–water partition coefficient (Wildman–Crippen LogP) is 4.81. The van der Waals surface area contributed by atoms with Crippen molar-refractivity contribution in [3.63, 3.8) is 0 Å². The van der Waals surface area contributed by atoms with Crippen molar-refractivity contribution in [1.82, 2.24) is 4.90 Å².